The van der Waals surface area contributed by atoms with Crippen molar-refractivity contribution in [3.63, 3.8) is 0 Å². The van der Waals surface area contributed by atoms with Gasteiger partial charge in [-0.15, -0.1) is 0 Å². The standard InChI is InChI=1S/C15H17F2N3OS/c1-18-15(19-8-11-6-7-22-10-11)20-9-12-4-2-3-5-13(12)21-14(16)17/h2-7,10,14H,8-9H2,1H3,(H2,18,19,20). The Bertz CT molecular complexity index is 603. The van der Waals surface area contributed by atoms with Crippen molar-refractivity contribution in [3.05, 3.63) is 52.2 Å². The first-order chi connectivity index (χ1) is 10.7. The number of thiophene rings is 1. The second-order valence-electron chi connectivity index (χ2n) is 4.40. The van der Waals surface area contributed by atoms with Crippen LogP contribution in [0.4, 0.5) is 8.78 Å². The Kier molecular flexibility index (Phi) is 6.14. The van der Waals surface area contributed by atoms with E-state index in [0.29, 0.717) is 24.6 Å². The van der Waals surface area contributed by atoms with E-state index in [1.165, 1.54) is 6.07 Å². The lowest BCUT2D eigenvalue weighted by Gasteiger charge is -2.14. The number of aliphatic imine (C=N–C) groups is 1. The van der Waals surface area contributed by atoms with E-state index in [0.717, 1.165) is 5.56 Å². The SMILES string of the molecule is CN=C(NCc1ccsc1)NCc1ccccc1OC(F)F. The molecule has 2 aromatic rings. The maximum Gasteiger partial charge on any atom is 0.387 e. The summed E-state index contributed by atoms with van der Waals surface area (Å²) in [6, 6.07) is 8.71. The van der Waals surface area contributed by atoms with E-state index in [1.54, 1.807) is 36.6 Å². The first-order valence-corrected chi connectivity index (χ1v) is 7.61. The van der Waals surface area contributed by atoms with Gasteiger partial charge in [0.1, 0.15) is 5.75 Å². The van der Waals surface area contributed by atoms with E-state index in [-0.39, 0.29) is 5.75 Å². The lowest BCUT2D eigenvalue weighted by atomic mass is 10.2. The molecular formula is C15H17F2N3OS. The molecule has 0 amide bonds. The van der Waals surface area contributed by atoms with Crippen molar-refractivity contribution >= 4 is 17.3 Å². The van der Waals surface area contributed by atoms with Crippen molar-refractivity contribution < 1.29 is 13.5 Å². The summed E-state index contributed by atoms with van der Waals surface area (Å²) < 4.78 is 29.2. The van der Waals surface area contributed by atoms with Crippen LogP contribution in [0, 0.1) is 0 Å². The largest absolute Gasteiger partial charge is 0.434 e. The van der Waals surface area contributed by atoms with E-state index in [1.807, 2.05) is 16.8 Å². The molecule has 0 aliphatic carbocycles. The van der Waals surface area contributed by atoms with Gasteiger partial charge in [-0.3, -0.25) is 4.99 Å². The molecule has 0 atom stereocenters. The normalized spacial score (nSPS) is 11.5. The van der Waals surface area contributed by atoms with E-state index in [9.17, 15) is 8.78 Å². The van der Waals surface area contributed by atoms with Crippen LogP contribution in [0.15, 0.2) is 46.1 Å². The van der Waals surface area contributed by atoms with E-state index < -0.39 is 6.61 Å². The second-order valence-corrected chi connectivity index (χ2v) is 5.18. The highest BCUT2D eigenvalue weighted by molar-refractivity contribution is 7.07. The zero-order chi connectivity index (χ0) is 15.8. The molecule has 1 aromatic carbocycles. The summed E-state index contributed by atoms with van der Waals surface area (Å²) in [7, 11) is 1.66. The highest BCUT2D eigenvalue weighted by Crippen LogP contribution is 2.19. The molecule has 7 heteroatoms. The first kappa shape index (κ1) is 16.2. The van der Waals surface area contributed by atoms with Crippen molar-refractivity contribution in [2.75, 3.05) is 7.05 Å². The smallest absolute Gasteiger partial charge is 0.387 e. The number of benzene rings is 1. The van der Waals surface area contributed by atoms with Gasteiger partial charge in [-0.1, -0.05) is 18.2 Å². The third-order valence-electron chi connectivity index (χ3n) is 2.90. The number of halogens is 2. The summed E-state index contributed by atoms with van der Waals surface area (Å²) in [5, 5.41) is 10.3. The molecular weight excluding hydrogens is 308 g/mol. The number of para-hydroxylation sites is 1. The van der Waals surface area contributed by atoms with Crippen molar-refractivity contribution in [2.24, 2.45) is 4.99 Å². The fourth-order valence-electron chi connectivity index (χ4n) is 1.84. The van der Waals surface area contributed by atoms with Gasteiger partial charge in [0.15, 0.2) is 5.96 Å². The minimum atomic E-state index is -2.84. The Balaban J connectivity index is 1.90. The second kappa shape index (κ2) is 8.33. The van der Waals surface area contributed by atoms with Crippen LogP contribution in [0.1, 0.15) is 11.1 Å². The van der Waals surface area contributed by atoms with Gasteiger partial charge in [0.05, 0.1) is 0 Å². The average Bonchev–Trinajstić information content (AvgIpc) is 3.01. The number of hydrogen-bond donors (Lipinski definition) is 2. The Labute approximate surface area is 131 Å². The van der Waals surface area contributed by atoms with Crippen molar-refractivity contribution in [2.45, 2.75) is 19.7 Å². The summed E-state index contributed by atoms with van der Waals surface area (Å²) in [4.78, 5) is 4.10. The Morgan fingerprint density at radius 2 is 2.00 bits per heavy atom. The number of alkyl halides is 2. The van der Waals surface area contributed by atoms with Gasteiger partial charge >= 0.3 is 6.61 Å². The average molecular weight is 325 g/mol. The van der Waals surface area contributed by atoms with E-state index in [4.69, 9.17) is 0 Å². The number of nitrogens with zero attached hydrogens (tertiary/aromatic N) is 1. The molecule has 0 bridgehead atoms. The number of ether oxygens (including phenoxy) is 1. The van der Waals surface area contributed by atoms with Crippen LogP contribution in [-0.4, -0.2) is 19.6 Å². The minimum absolute atomic E-state index is 0.165. The van der Waals surface area contributed by atoms with Gasteiger partial charge < -0.3 is 15.4 Å². The van der Waals surface area contributed by atoms with Crippen LogP contribution in [0.2, 0.25) is 0 Å². The molecule has 0 saturated heterocycles. The summed E-state index contributed by atoms with van der Waals surface area (Å²) in [5.41, 5.74) is 1.80. The molecule has 0 unspecified atom stereocenters. The summed E-state index contributed by atoms with van der Waals surface area (Å²) in [5.74, 6) is 0.760. The molecule has 118 valence electrons. The molecule has 0 aliphatic heterocycles. The topological polar surface area (TPSA) is 45.7 Å². The lowest BCUT2D eigenvalue weighted by molar-refractivity contribution is -0.0504. The molecule has 4 nitrogen and oxygen atoms in total. The fourth-order valence-corrected chi connectivity index (χ4v) is 2.51. The molecule has 0 radical (unpaired) electrons. The third kappa shape index (κ3) is 5.00. The number of nitrogens with one attached hydrogen (secondary N) is 2. The molecule has 1 aromatic heterocycles. The molecule has 22 heavy (non-hydrogen) atoms. The van der Waals surface area contributed by atoms with Crippen molar-refractivity contribution in [1.29, 1.82) is 0 Å². The van der Waals surface area contributed by atoms with Crippen LogP contribution in [0.5, 0.6) is 5.75 Å². The maximum absolute atomic E-state index is 12.4. The Hall–Kier alpha value is -2.15. The monoisotopic (exact) mass is 325 g/mol. The van der Waals surface area contributed by atoms with Gasteiger partial charge in [-0.25, -0.2) is 0 Å². The molecule has 2 N–H and O–H groups in total. The van der Waals surface area contributed by atoms with Crippen LogP contribution < -0.4 is 15.4 Å². The predicted molar refractivity (Wildman–Crippen MR) is 84.4 cm³/mol. The van der Waals surface area contributed by atoms with Crippen LogP contribution in [0.3, 0.4) is 0 Å². The quantitative estimate of drug-likeness (QED) is 0.633. The minimum Gasteiger partial charge on any atom is -0.434 e. The fraction of sp³-hybridized carbons (Fsp3) is 0.267. The third-order valence-corrected chi connectivity index (χ3v) is 3.63. The molecule has 0 spiro atoms. The summed E-state index contributed by atoms with van der Waals surface area (Å²) >= 11 is 1.63. The Morgan fingerprint density at radius 3 is 2.68 bits per heavy atom. The number of hydrogen-bond acceptors (Lipinski definition) is 3. The van der Waals surface area contributed by atoms with Crippen molar-refractivity contribution in [3.8, 4) is 5.75 Å². The molecule has 2 rings (SSSR count). The van der Waals surface area contributed by atoms with Crippen molar-refractivity contribution in [1.82, 2.24) is 10.6 Å². The maximum atomic E-state index is 12.4. The van der Waals surface area contributed by atoms with Crippen LogP contribution >= 0.6 is 11.3 Å². The van der Waals surface area contributed by atoms with Crippen LogP contribution in [0.25, 0.3) is 0 Å². The zero-order valence-corrected chi connectivity index (χ0v) is 12.9. The number of guanidine groups is 1. The van der Waals surface area contributed by atoms with Crippen LogP contribution in [-0.2, 0) is 13.1 Å². The summed E-state index contributed by atoms with van der Waals surface area (Å²) in [6.07, 6.45) is 0. The number of rotatable bonds is 6. The van der Waals surface area contributed by atoms with Gasteiger partial charge in [-0.05, 0) is 28.5 Å². The van der Waals surface area contributed by atoms with Gasteiger partial charge in [-0.2, -0.15) is 20.1 Å². The Morgan fingerprint density at radius 1 is 1.23 bits per heavy atom. The highest BCUT2D eigenvalue weighted by atomic mass is 32.1. The highest BCUT2D eigenvalue weighted by Gasteiger charge is 2.09. The predicted octanol–water partition coefficient (Wildman–Crippen LogP) is 3.21. The molecule has 0 saturated carbocycles. The van der Waals surface area contributed by atoms with Gasteiger partial charge in [0, 0.05) is 25.7 Å². The molecule has 0 aliphatic rings. The molecule has 1 heterocycles. The zero-order valence-electron chi connectivity index (χ0n) is 12.1. The first-order valence-electron chi connectivity index (χ1n) is 6.67. The van der Waals surface area contributed by atoms with Gasteiger partial charge in [0.2, 0.25) is 0 Å². The van der Waals surface area contributed by atoms with E-state index >= 15 is 0 Å². The summed E-state index contributed by atoms with van der Waals surface area (Å²) in [6.45, 7) is -1.85. The molecule has 0 fully saturated rings. The lowest BCUT2D eigenvalue weighted by Crippen LogP contribution is -2.36. The van der Waals surface area contributed by atoms with E-state index in [2.05, 4.69) is 20.4 Å². The van der Waals surface area contributed by atoms with Gasteiger partial charge in [0.25, 0.3) is 0 Å².